The normalized spacial score (nSPS) is 30.0. The summed E-state index contributed by atoms with van der Waals surface area (Å²) in [5, 5.41) is 9.17. The highest BCUT2D eigenvalue weighted by Crippen LogP contribution is 2.36. The predicted octanol–water partition coefficient (Wildman–Crippen LogP) is 2.07. The van der Waals surface area contributed by atoms with Gasteiger partial charge in [-0.05, 0) is 32.1 Å². The molecule has 2 saturated heterocycles. The van der Waals surface area contributed by atoms with E-state index >= 15 is 0 Å². The predicted molar refractivity (Wildman–Crippen MR) is 63.1 cm³/mol. The molecule has 0 spiro atoms. The highest BCUT2D eigenvalue weighted by molar-refractivity contribution is 5.82. The van der Waals surface area contributed by atoms with Crippen LogP contribution in [0.1, 0.15) is 32.1 Å². The fourth-order valence-corrected chi connectivity index (χ4v) is 3.35. The van der Waals surface area contributed by atoms with Crippen molar-refractivity contribution in [3.05, 3.63) is 0 Å². The second kappa shape index (κ2) is 5.14. The number of rotatable bonds is 1. The number of alkyl halides is 3. The quantitative estimate of drug-likeness (QED) is 0.805. The molecule has 0 aliphatic carbocycles. The monoisotopic (exact) mass is 294 g/mol. The van der Waals surface area contributed by atoms with Crippen molar-refractivity contribution >= 4 is 12.0 Å². The van der Waals surface area contributed by atoms with Crippen LogP contribution in [0.4, 0.5) is 18.0 Å². The van der Waals surface area contributed by atoms with Crippen molar-refractivity contribution in [1.82, 2.24) is 9.80 Å². The molecular formula is C12H17F3N2O3. The summed E-state index contributed by atoms with van der Waals surface area (Å²) in [5.41, 5.74) is 0. The number of halogens is 3. The van der Waals surface area contributed by atoms with E-state index in [2.05, 4.69) is 0 Å². The van der Waals surface area contributed by atoms with Gasteiger partial charge in [0.1, 0.15) is 0 Å². The first kappa shape index (κ1) is 14.9. The van der Waals surface area contributed by atoms with Gasteiger partial charge in [0.2, 0.25) is 0 Å². The number of hydrogen-bond acceptors (Lipinski definition) is 2. The van der Waals surface area contributed by atoms with Gasteiger partial charge in [-0.3, -0.25) is 4.79 Å². The van der Waals surface area contributed by atoms with E-state index in [0.29, 0.717) is 12.8 Å². The summed E-state index contributed by atoms with van der Waals surface area (Å²) in [4.78, 5) is 24.6. The molecule has 114 valence electrons. The van der Waals surface area contributed by atoms with Crippen LogP contribution in [0.5, 0.6) is 0 Å². The molecule has 2 aliphatic heterocycles. The van der Waals surface area contributed by atoms with Gasteiger partial charge in [0, 0.05) is 25.2 Å². The van der Waals surface area contributed by atoms with E-state index in [1.54, 1.807) is 0 Å². The zero-order valence-corrected chi connectivity index (χ0v) is 11.1. The molecule has 0 aromatic rings. The molecular weight excluding hydrogens is 277 g/mol. The Hall–Kier alpha value is -1.47. The largest absolute Gasteiger partial charge is 0.471 e. The van der Waals surface area contributed by atoms with Crippen molar-refractivity contribution in [1.29, 1.82) is 0 Å². The maximum atomic E-state index is 12.5. The third-order valence-corrected chi connectivity index (χ3v) is 4.28. The molecule has 2 aliphatic rings. The Kier molecular flexibility index (Phi) is 3.84. The Morgan fingerprint density at radius 2 is 1.70 bits per heavy atom. The van der Waals surface area contributed by atoms with Crippen LogP contribution in [-0.4, -0.2) is 58.3 Å². The fraction of sp³-hybridized carbons (Fsp3) is 0.833. The molecule has 20 heavy (non-hydrogen) atoms. The van der Waals surface area contributed by atoms with Crippen LogP contribution in [0, 0.1) is 0 Å². The molecule has 2 bridgehead atoms. The Morgan fingerprint density at radius 3 is 2.10 bits per heavy atom. The van der Waals surface area contributed by atoms with Crippen LogP contribution in [0.3, 0.4) is 0 Å². The smallest absolute Gasteiger partial charge is 0.465 e. The maximum absolute atomic E-state index is 12.5. The second-order valence-electron chi connectivity index (χ2n) is 5.47. The van der Waals surface area contributed by atoms with Crippen molar-refractivity contribution in [2.24, 2.45) is 0 Å². The SMILES string of the molecule is CN(C(=O)C(F)(F)F)C1C[C@H]2CCC[C@@H](C1)N2C(=O)O. The van der Waals surface area contributed by atoms with Gasteiger partial charge in [0.15, 0.2) is 0 Å². The third-order valence-electron chi connectivity index (χ3n) is 4.28. The summed E-state index contributed by atoms with van der Waals surface area (Å²) < 4.78 is 37.4. The van der Waals surface area contributed by atoms with Crippen molar-refractivity contribution < 1.29 is 27.9 Å². The van der Waals surface area contributed by atoms with E-state index in [4.69, 9.17) is 0 Å². The summed E-state index contributed by atoms with van der Waals surface area (Å²) in [7, 11) is 1.15. The molecule has 8 heteroatoms. The van der Waals surface area contributed by atoms with Gasteiger partial charge in [-0.15, -0.1) is 0 Å². The molecule has 2 fully saturated rings. The number of carbonyl (C=O) groups is 2. The van der Waals surface area contributed by atoms with E-state index in [0.717, 1.165) is 18.4 Å². The van der Waals surface area contributed by atoms with E-state index in [-0.39, 0.29) is 24.9 Å². The van der Waals surface area contributed by atoms with E-state index in [9.17, 15) is 27.9 Å². The van der Waals surface area contributed by atoms with E-state index in [1.807, 2.05) is 0 Å². The summed E-state index contributed by atoms with van der Waals surface area (Å²) in [5.74, 6) is -1.86. The summed E-state index contributed by atoms with van der Waals surface area (Å²) in [6, 6.07) is -1.11. The Bertz CT molecular complexity index is 399. The first-order chi connectivity index (χ1) is 9.21. The summed E-state index contributed by atoms with van der Waals surface area (Å²) in [6.45, 7) is 0. The number of hydrogen-bond donors (Lipinski definition) is 1. The minimum atomic E-state index is -4.88. The Labute approximate surface area is 114 Å². The topological polar surface area (TPSA) is 60.9 Å². The van der Waals surface area contributed by atoms with Gasteiger partial charge in [-0.2, -0.15) is 13.2 Å². The van der Waals surface area contributed by atoms with E-state index < -0.39 is 24.2 Å². The third kappa shape index (κ3) is 2.69. The van der Waals surface area contributed by atoms with Crippen LogP contribution in [0.25, 0.3) is 0 Å². The zero-order chi connectivity index (χ0) is 15.1. The maximum Gasteiger partial charge on any atom is 0.471 e. The van der Waals surface area contributed by atoms with E-state index in [1.165, 1.54) is 4.90 Å². The highest BCUT2D eigenvalue weighted by atomic mass is 19.4. The molecule has 3 atom stereocenters. The van der Waals surface area contributed by atoms with Crippen LogP contribution in [0.2, 0.25) is 0 Å². The van der Waals surface area contributed by atoms with Crippen molar-refractivity contribution in [3.63, 3.8) is 0 Å². The number of carboxylic acid groups (broad SMARTS) is 1. The molecule has 2 rings (SSSR count). The van der Waals surface area contributed by atoms with Gasteiger partial charge >= 0.3 is 18.2 Å². The van der Waals surface area contributed by atoms with Crippen molar-refractivity contribution in [2.75, 3.05) is 7.05 Å². The standard InChI is InChI=1S/C12H17F3N2O3/c1-16(10(18)12(13,14)15)9-5-7-3-2-4-8(6-9)17(7)11(19)20/h7-9H,2-6H2,1H3,(H,19,20)/t7-,8+,9?. The summed E-state index contributed by atoms with van der Waals surface area (Å²) in [6.07, 6.45) is -3.18. The lowest BCUT2D eigenvalue weighted by atomic mass is 9.81. The Balaban J connectivity index is 2.11. The van der Waals surface area contributed by atoms with Crippen LogP contribution >= 0.6 is 0 Å². The minimum Gasteiger partial charge on any atom is -0.465 e. The van der Waals surface area contributed by atoms with Crippen LogP contribution < -0.4 is 0 Å². The molecule has 2 heterocycles. The molecule has 2 amide bonds. The molecule has 0 aromatic carbocycles. The van der Waals surface area contributed by atoms with Crippen LogP contribution in [0.15, 0.2) is 0 Å². The van der Waals surface area contributed by atoms with Crippen molar-refractivity contribution in [3.8, 4) is 0 Å². The average Bonchev–Trinajstić information content (AvgIpc) is 2.34. The van der Waals surface area contributed by atoms with Gasteiger partial charge in [0.05, 0.1) is 0 Å². The first-order valence-electron chi connectivity index (χ1n) is 6.57. The lowest BCUT2D eigenvalue weighted by molar-refractivity contribution is -0.187. The number of carbonyl (C=O) groups excluding carboxylic acids is 1. The minimum absolute atomic E-state index is 0.279. The molecule has 0 saturated carbocycles. The molecule has 0 aromatic heterocycles. The molecule has 0 radical (unpaired) electrons. The molecule has 1 unspecified atom stereocenters. The zero-order valence-electron chi connectivity index (χ0n) is 11.1. The van der Waals surface area contributed by atoms with Gasteiger partial charge < -0.3 is 14.9 Å². The summed E-state index contributed by atoms with van der Waals surface area (Å²) >= 11 is 0. The van der Waals surface area contributed by atoms with Crippen LogP contribution in [-0.2, 0) is 4.79 Å². The van der Waals surface area contributed by atoms with Gasteiger partial charge in [-0.25, -0.2) is 4.79 Å². The molecule has 5 nitrogen and oxygen atoms in total. The highest BCUT2D eigenvalue weighted by Gasteiger charge is 2.47. The molecule has 1 N–H and O–H groups in total. The second-order valence-corrected chi connectivity index (χ2v) is 5.47. The fourth-order valence-electron chi connectivity index (χ4n) is 3.35. The average molecular weight is 294 g/mol. The van der Waals surface area contributed by atoms with Gasteiger partial charge in [-0.1, -0.05) is 0 Å². The number of nitrogens with zero attached hydrogens (tertiary/aromatic N) is 2. The Morgan fingerprint density at radius 1 is 1.20 bits per heavy atom. The van der Waals surface area contributed by atoms with Crippen molar-refractivity contribution in [2.45, 2.75) is 56.4 Å². The number of piperidine rings is 2. The number of fused-ring (bicyclic) bond motifs is 2. The lowest BCUT2D eigenvalue weighted by Crippen LogP contribution is -2.59. The first-order valence-corrected chi connectivity index (χ1v) is 6.57. The lowest BCUT2D eigenvalue weighted by Gasteiger charge is -2.49. The number of amides is 2. The van der Waals surface area contributed by atoms with Gasteiger partial charge in [0.25, 0.3) is 0 Å².